The third kappa shape index (κ3) is 5.12. The third-order valence-electron chi connectivity index (χ3n) is 5.03. The van der Waals surface area contributed by atoms with E-state index in [0.29, 0.717) is 10.7 Å². The standard InChI is InChI=1S/C25H22N4O3S/c1-17-13-18(2)24(22(14-17)29(31)32)27-23(30)16-33-25-26-21(19-9-5-3-6-10-19)15-28(25)20-11-7-4-8-12-20/h3-15H,16H2,1-2H3,(H,27,30). The number of thioether (sulfide) groups is 1. The molecule has 0 aliphatic carbocycles. The zero-order valence-electron chi connectivity index (χ0n) is 18.2. The van der Waals surface area contributed by atoms with Crippen molar-refractivity contribution >= 4 is 29.0 Å². The molecule has 0 saturated heterocycles. The molecule has 0 saturated carbocycles. The van der Waals surface area contributed by atoms with Gasteiger partial charge in [0.05, 0.1) is 16.4 Å². The van der Waals surface area contributed by atoms with Gasteiger partial charge in [0.2, 0.25) is 5.91 Å². The first-order chi connectivity index (χ1) is 15.9. The fourth-order valence-corrected chi connectivity index (χ4v) is 4.34. The average Bonchev–Trinajstić information content (AvgIpc) is 3.25. The molecule has 0 aliphatic rings. The summed E-state index contributed by atoms with van der Waals surface area (Å²) in [6.45, 7) is 3.53. The molecular weight excluding hydrogens is 436 g/mol. The molecule has 1 N–H and O–H groups in total. The predicted molar refractivity (Wildman–Crippen MR) is 131 cm³/mol. The number of benzene rings is 3. The summed E-state index contributed by atoms with van der Waals surface area (Å²) in [5, 5.41) is 14.8. The Morgan fingerprint density at radius 1 is 1.06 bits per heavy atom. The molecule has 0 aliphatic heterocycles. The highest BCUT2D eigenvalue weighted by atomic mass is 32.2. The van der Waals surface area contributed by atoms with Gasteiger partial charge in [-0.3, -0.25) is 19.5 Å². The number of para-hydroxylation sites is 1. The van der Waals surface area contributed by atoms with Crippen LogP contribution in [0.2, 0.25) is 0 Å². The molecule has 0 unspecified atom stereocenters. The smallest absolute Gasteiger partial charge is 0.293 e. The molecule has 1 aromatic heterocycles. The van der Waals surface area contributed by atoms with Gasteiger partial charge in [-0.1, -0.05) is 66.4 Å². The summed E-state index contributed by atoms with van der Waals surface area (Å²) in [4.78, 5) is 28.5. The van der Waals surface area contributed by atoms with Gasteiger partial charge in [-0.25, -0.2) is 4.98 Å². The number of hydrogen-bond acceptors (Lipinski definition) is 5. The Morgan fingerprint density at radius 3 is 2.39 bits per heavy atom. The van der Waals surface area contributed by atoms with Gasteiger partial charge in [0.25, 0.3) is 5.69 Å². The van der Waals surface area contributed by atoms with E-state index in [-0.39, 0.29) is 23.0 Å². The van der Waals surface area contributed by atoms with Crippen LogP contribution in [-0.2, 0) is 4.79 Å². The summed E-state index contributed by atoms with van der Waals surface area (Å²) in [5.41, 5.74) is 4.24. The number of aryl methyl sites for hydroxylation is 2. The van der Waals surface area contributed by atoms with Crippen LogP contribution in [0.1, 0.15) is 11.1 Å². The molecular formula is C25H22N4O3S. The Labute approximate surface area is 195 Å². The van der Waals surface area contributed by atoms with Crippen molar-refractivity contribution in [2.24, 2.45) is 0 Å². The fourth-order valence-electron chi connectivity index (χ4n) is 3.54. The van der Waals surface area contributed by atoms with Crippen LogP contribution in [0.3, 0.4) is 0 Å². The molecule has 8 heteroatoms. The number of imidazole rings is 1. The highest BCUT2D eigenvalue weighted by Gasteiger charge is 2.20. The predicted octanol–water partition coefficient (Wildman–Crippen LogP) is 5.80. The van der Waals surface area contributed by atoms with Crippen LogP contribution in [0.25, 0.3) is 16.9 Å². The number of nitrogens with zero attached hydrogens (tertiary/aromatic N) is 3. The highest BCUT2D eigenvalue weighted by molar-refractivity contribution is 7.99. The maximum Gasteiger partial charge on any atom is 0.293 e. The van der Waals surface area contributed by atoms with E-state index in [2.05, 4.69) is 5.32 Å². The van der Waals surface area contributed by atoms with E-state index in [4.69, 9.17) is 4.98 Å². The Balaban J connectivity index is 1.58. The van der Waals surface area contributed by atoms with Crippen LogP contribution in [0, 0.1) is 24.0 Å². The van der Waals surface area contributed by atoms with E-state index < -0.39 is 4.92 Å². The van der Waals surface area contributed by atoms with Gasteiger partial charge < -0.3 is 5.32 Å². The summed E-state index contributed by atoms with van der Waals surface area (Å²) in [6.07, 6.45) is 1.94. The average molecular weight is 459 g/mol. The van der Waals surface area contributed by atoms with Gasteiger partial charge in [-0.15, -0.1) is 0 Å². The number of aromatic nitrogens is 2. The first-order valence-electron chi connectivity index (χ1n) is 10.3. The molecule has 3 aromatic carbocycles. The number of carbonyl (C=O) groups excluding carboxylic acids is 1. The SMILES string of the molecule is Cc1cc(C)c(NC(=O)CSc2nc(-c3ccccc3)cn2-c2ccccc2)c([N+](=O)[O-])c1. The number of nitro groups is 1. The van der Waals surface area contributed by atoms with Crippen molar-refractivity contribution in [1.82, 2.24) is 9.55 Å². The topological polar surface area (TPSA) is 90.1 Å². The third-order valence-corrected chi connectivity index (χ3v) is 5.98. The molecule has 1 heterocycles. The van der Waals surface area contributed by atoms with E-state index in [1.165, 1.54) is 17.8 Å². The molecule has 0 atom stereocenters. The second-order valence-corrected chi connectivity index (χ2v) is 8.49. The molecule has 0 bridgehead atoms. The summed E-state index contributed by atoms with van der Waals surface area (Å²) in [7, 11) is 0. The maximum absolute atomic E-state index is 12.7. The monoisotopic (exact) mass is 458 g/mol. The first kappa shape index (κ1) is 22.3. The minimum Gasteiger partial charge on any atom is -0.319 e. The Morgan fingerprint density at radius 2 is 1.73 bits per heavy atom. The molecule has 7 nitrogen and oxygen atoms in total. The van der Waals surface area contributed by atoms with Crippen molar-refractivity contribution in [2.75, 3.05) is 11.1 Å². The Kier molecular flexibility index (Phi) is 6.55. The number of amides is 1. The molecule has 4 rings (SSSR count). The lowest BCUT2D eigenvalue weighted by molar-refractivity contribution is -0.384. The number of carbonyl (C=O) groups is 1. The van der Waals surface area contributed by atoms with Crippen molar-refractivity contribution in [2.45, 2.75) is 19.0 Å². The lowest BCUT2D eigenvalue weighted by Gasteiger charge is -2.10. The summed E-state index contributed by atoms with van der Waals surface area (Å²) in [5.74, 6) is -0.276. The maximum atomic E-state index is 12.7. The number of nitrogens with one attached hydrogen (secondary N) is 1. The van der Waals surface area contributed by atoms with E-state index in [1.807, 2.05) is 77.5 Å². The zero-order chi connectivity index (χ0) is 23.4. The lowest BCUT2D eigenvalue weighted by atomic mass is 10.1. The normalized spacial score (nSPS) is 10.7. The van der Waals surface area contributed by atoms with Crippen LogP contribution >= 0.6 is 11.8 Å². The summed E-state index contributed by atoms with van der Waals surface area (Å²) in [6, 6.07) is 22.9. The number of anilines is 1. The van der Waals surface area contributed by atoms with Gasteiger partial charge in [0.1, 0.15) is 5.69 Å². The molecule has 166 valence electrons. The quantitative estimate of drug-likeness (QED) is 0.215. The Hall–Kier alpha value is -3.91. The molecule has 4 aromatic rings. The van der Waals surface area contributed by atoms with Crippen LogP contribution in [0.4, 0.5) is 11.4 Å². The largest absolute Gasteiger partial charge is 0.319 e. The number of nitro benzene ring substituents is 1. The highest BCUT2D eigenvalue weighted by Crippen LogP contribution is 2.31. The van der Waals surface area contributed by atoms with Crippen molar-refractivity contribution < 1.29 is 9.72 Å². The van der Waals surface area contributed by atoms with Crippen LogP contribution in [0.15, 0.2) is 84.1 Å². The van der Waals surface area contributed by atoms with Crippen molar-refractivity contribution in [3.05, 3.63) is 100 Å². The minimum atomic E-state index is -0.475. The van der Waals surface area contributed by atoms with Crippen LogP contribution in [-0.4, -0.2) is 26.1 Å². The summed E-state index contributed by atoms with van der Waals surface area (Å²) < 4.78 is 1.94. The second kappa shape index (κ2) is 9.70. The van der Waals surface area contributed by atoms with Crippen molar-refractivity contribution in [3.8, 4) is 16.9 Å². The van der Waals surface area contributed by atoms with Crippen LogP contribution < -0.4 is 5.32 Å². The zero-order valence-corrected chi connectivity index (χ0v) is 19.0. The molecule has 0 radical (unpaired) electrons. The molecule has 1 amide bonds. The van der Waals surface area contributed by atoms with Crippen molar-refractivity contribution in [1.29, 1.82) is 0 Å². The van der Waals surface area contributed by atoms with E-state index >= 15 is 0 Å². The summed E-state index contributed by atoms with van der Waals surface area (Å²) >= 11 is 1.28. The Bertz CT molecular complexity index is 1300. The van der Waals surface area contributed by atoms with Gasteiger partial charge in [-0.05, 0) is 37.1 Å². The lowest BCUT2D eigenvalue weighted by Crippen LogP contribution is -2.16. The van der Waals surface area contributed by atoms with E-state index in [1.54, 1.807) is 13.8 Å². The van der Waals surface area contributed by atoms with E-state index in [9.17, 15) is 14.9 Å². The minimum absolute atomic E-state index is 0.0581. The molecule has 0 spiro atoms. The molecule has 33 heavy (non-hydrogen) atoms. The van der Waals surface area contributed by atoms with Gasteiger partial charge in [-0.2, -0.15) is 0 Å². The number of hydrogen-bond donors (Lipinski definition) is 1. The van der Waals surface area contributed by atoms with Gasteiger partial charge in [0, 0.05) is 23.5 Å². The van der Waals surface area contributed by atoms with Crippen LogP contribution in [0.5, 0.6) is 0 Å². The fraction of sp³-hybridized carbons (Fsp3) is 0.120. The second-order valence-electron chi connectivity index (χ2n) is 7.55. The van der Waals surface area contributed by atoms with Gasteiger partial charge in [0.15, 0.2) is 5.16 Å². The van der Waals surface area contributed by atoms with Gasteiger partial charge >= 0.3 is 0 Å². The van der Waals surface area contributed by atoms with Crippen molar-refractivity contribution in [3.63, 3.8) is 0 Å². The molecule has 0 fully saturated rings. The first-order valence-corrected chi connectivity index (χ1v) is 11.3. The van der Waals surface area contributed by atoms with E-state index in [0.717, 1.165) is 22.5 Å². The number of rotatable bonds is 7.